The van der Waals surface area contributed by atoms with Crippen LogP contribution in [0.3, 0.4) is 0 Å². The average molecular weight is 340 g/mol. The van der Waals surface area contributed by atoms with Gasteiger partial charge < -0.3 is 5.73 Å². The highest BCUT2D eigenvalue weighted by Crippen LogP contribution is 2.46. The number of aromatic nitrogens is 1. The van der Waals surface area contributed by atoms with Gasteiger partial charge in [-0.3, -0.25) is 0 Å². The average Bonchev–Trinajstić information content (AvgIpc) is 3.07. The normalized spacial score (nSPS) is 26.9. The summed E-state index contributed by atoms with van der Waals surface area (Å²) in [7, 11) is 0. The number of hydrogen-bond donors (Lipinski definition) is 1. The van der Waals surface area contributed by atoms with Gasteiger partial charge in [-0.15, -0.1) is 0 Å². The molecule has 3 atom stereocenters. The lowest BCUT2D eigenvalue weighted by molar-refractivity contribution is 0.350. The summed E-state index contributed by atoms with van der Waals surface area (Å²) in [5.41, 5.74) is 10.2. The predicted molar refractivity (Wildman–Crippen MR) is 108 cm³/mol. The Morgan fingerprint density at radius 1 is 1.32 bits per heavy atom. The van der Waals surface area contributed by atoms with Gasteiger partial charge in [-0.25, -0.2) is 4.68 Å². The molecule has 0 spiro atoms. The van der Waals surface area contributed by atoms with Crippen LogP contribution in [0.5, 0.6) is 0 Å². The van der Waals surface area contributed by atoms with Crippen LogP contribution in [0.1, 0.15) is 76.1 Å². The molecular formula is C22H33N3. The van der Waals surface area contributed by atoms with Gasteiger partial charge in [-0.2, -0.15) is 5.10 Å². The van der Waals surface area contributed by atoms with Crippen LogP contribution in [-0.4, -0.2) is 10.9 Å². The van der Waals surface area contributed by atoms with Crippen molar-refractivity contribution in [3.05, 3.63) is 42.3 Å². The quantitative estimate of drug-likeness (QED) is 0.514. The first-order valence-corrected chi connectivity index (χ1v) is 9.84. The monoisotopic (exact) mass is 339 g/mol. The Labute approximate surface area is 152 Å². The summed E-state index contributed by atoms with van der Waals surface area (Å²) in [5.74, 6) is 2.86. The SMILES string of the molecule is C=C(N)c1ccc(C2CC(CCC(=C)C3CCC3)C[C@H]2C)n1/N=C\C. The van der Waals surface area contributed by atoms with Gasteiger partial charge in [0.2, 0.25) is 0 Å². The van der Waals surface area contributed by atoms with Gasteiger partial charge in [0.25, 0.3) is 0 Å². The van der Waals surface area contributed by atoms with Gasteiger partial charge in [0.05, 0.1) is 11.4 Å². The van der Waals surface area contributed by atoms with E-state index in [1.54, 1.807) is 0 Å². The van der Waals surface area contributed by atoms with Crippen LogP contribution in [0.25, 0.3) is 5.70 Å². The highest BCUT2D eigenvalue weighted by molar-refractivity contribution is 5.60. The number of hydrogen-bond acceptors (Lipinski definition) is 2. The van der Waals surface area contributed by atoms with Gasteiger partial charge in [0.15, 0.2) is 0 Å². The molecule has 0 aromatic carbocycles. The van der Waals surface area contributed by atoms with E-state index in [4.69, 9.17) is 5.73 Å². The molecular weight excluding hydrogens is 306 g/mol. The molecule has 2 aliphatic rings. The summed E-state index contributed by atoms with van der Waals surface area (Å²) in [6.07, 6.45) is 11.0. The van der Waals surface area contributed by atoms with Gasteiger partial charge in [-0.05, 0) is 75.3 Å². The molecule has 3 heteroatoms. The summed E-state index contributed by atoms with van der Waals surface area (Å²) in [4.78, 5) is 0. The summed E-state index contributed by atoms with van der Waals surface area (Å²) in [5, 5.41) is 4.54. The van der Waals surface area contributed by atoms with Crippen LogP contribution < -0.4 is 5.73 Å². The maximum absolute atomic E-state index is 5.95. The summed E-state index contributed by atoms with van der Waals surface area (Å²) < 4.78 is 2.00. The molecule has 0 bridgehead atoms. The highest BCUT2D eigenvalue weighted by Gasteiger charge is 2.34. The number of nitrogens with zero attached hydrogens (tertiary/aromatic N) is 2. The first kappa shape index (κ1) is 18.0. The zero-order chi connectivity index (χ0) is 18.0. The Bertz CT molecular complexity index is 663. The highest BCUT2D eigenvalue weighted by atomic mass is 15.4. The molecule has 3 nitrogen and oxygen atoms in total. The molecule has 2 N–H and O–H groups in total. The van der Waals surface area contributed by atoms with Crippen molar-refractivity contribution in [1.29, 1.82) is 0 Å². The maximum Gasteiger partial charge on any atom is 0.0872 e. The lowest BCUT2D eigenvalue weighted by Crippen LogP contribution is -2.13. The van der Waals surface area contributed by atoms with Crippen LogP contribution in [0, 0.1) is 17.8 Å². The maximum atomic E-state index is 5.95. The van der Waals surface area contributed by atoms with E-state index in [2.05, 4.69) is 37.3 Å². The molecule has 2 unspecified atom stereocenters. The largest absolute Gasteiger partial charge is 0.397 e. The van der Waals surface area contributed by atoms with Crippen molar-refractivity contribution in [3.8, 4) is 0 Å². The third-order valence-electron chi connectivity index (χ3n) is 6.36. The molecule has 1 heterocycles. The van der Waals surface area contributed by atoms with Crippen LogP contribution in [0.2, 0.25) is 0 Å². The molecule has 1 aromatic heterocycles. The van der Waals surface area contributed by atoms with Crippen molar-refractivity contribution in [2.24, 2.45) is 28.6 Å². The van der Waals surface area contributed by atoms with Crippen molar-refractivity contribution in [3.63, 3.8) is 0 Å². The standard InChI is InChI=1S/C22H33N3/c1-5-24-25-21(17(4)23)11-12-22(25)20-14-18(13-16(20)3)10-9-15(2)19-7-6-8-19/h5,11-12,16,18-20H,2,4,6-10,13-14,23H2,1,3H3/b24-5-/t16-,18?,20?/m1/s1. The molecule has 0 saturated heterocycles. The molecule has 3 rings (SSSR count). The van der Waals surface area contributed by atoms with E-state index in [0.29, 0.717) is 17.5 Å². The first-order valence-electron chi connectivity index (χ1n) is 9.84. The van der Waals surface area contributed by atoms with Gasteiger partial charge >= 0.3 is 0 Å². The van der Waals surface area contributed by atoms with Crippen LogP contribution >= 0.6 is 0 Å². The van der Waals surface area contributed by atoms with Crippen LogP contribution in [0.15, 0.2) is 36.0 Å². The van der Waals surface area contributed by atoms with Crippen molar-refractivity contribution >= 4 is 11.9 Å². The Morgan fingerprint density at radius 3 is 2.68 bits per heavy atom. The summed E-state index contributed by atoms with van der Waals surface area (Å²) >= 11 is 0. The molecule has 0 amide bonds. The van der Waals surface area contributed by atoms with Crippen molar-refractivity contribution in [1.82, 2.24) is 4.68 Å². The third-order valence-corrected chi connectivity index (χ3v) is 6.36. The fourth-order valence-corrected chi connectivity index (χ4v) is 4.65. The van der Waals surface area contributed by atoms with Crippen molar-refractivity contribution < 1.29 is 0 Å². The molecule has 25 heavy (non-hydrogen) atoms. The Balaban J connectivity index is 1.67. The molecule has 2 fully saturated rings. The van der Waals surface area contributed by atoms with Crippen LogP contribution in [-0.2, 0) is 0 Å². The number of nitrogens with two attached hydrogens (primary N) is 1. The van der Waals surface area contributed by atoms with E-state index < -0.39 is 0 Å². The zero-order valence-electron chi connectivity index (χ0n) is 15.9. The lowest BCUT2D eigenvalue weighted by Gasteiger charge is -2.28. The molecule has 136 valence electrons. The summed E-state index contributed by atoms with van der Waals surface area (Å²) in [6, 6.07) is 4.25. The second-order valence-electron chi connectivity index (χ2n) is 8.10. The molecule has 2 saturated carbocycles. The van der Waals surface area contributed by atoms with Gasteiger partial charge in [0, 0.05) is 17.8 Å². The predicted octanol–water partition coefficient (Wildman–Crippen LogP) is 5.54. The first-order chi connectivity index (χ1) is 12.0. The van der Waals surface area contributed by atoms with E-state index in [-0.39, 0.29) is 0 Å². The van der Waals surface area contributed by atoms with Crippen LogP contribution in [0.4, 0.5) is 0 Å². The minimum absolute atomic E-state index is 0.554. The number of allylic oxidation sites excluding steroid dienone is 1. The van der Waals surface area contributed by atoms with Gasteiger partial charge in [0.1, 0.15) is 0 Å². The van der Waals surface area contributed by atoms with Crippen molar-refractivity contribution in [2.75, 3.05) is 0 Å². The van der Waals surface area contributed by atoms with E-state index in [1.165, 1.54) is 56.2 Å². The second kappa shape index (κ2) is 7.63. The molecule has 0 aliphatic heterocycles. The minimum Gasteiger partial charge on any atom is -0.397 e. The fourth-order valence-electron chi connectivity index (χ4n) is 4.65. The minimum atomic E-state index is 0.554. The number of rotatable bonds is 7. The van der Waals surface area contributed by atoms with Crippen molar-refractivity contribution in [2.45, 2.75) is 64.7 Å². The second-order valence-corrected chi connectivity index (χ2v) is 8.10. The smallest absolute Gasteiger partial charge is 0.0872 e. The Morgan fingerprint density at radius 2 is 2.08 bits per heavy atom. The fraction of sp³-hybridized carbons (Fsp3) is 0.591. The zero-order valence-corrected chi connectivity index (χ0v) is 15.9. The van der Waals surface area contributed by atoms with E-state index >= 15 is 0 Å². The Kier molecular flexibility index (Phi) is 5.51. The lowest BCUT2D eigenvalue weighted by atomic mass is 9.78. The third kappa shape index (κ3) is 3.75. The van der Waals surface area contributed by atoms with E-state index in [9.17, 15) is 0 Å². The molecule has 1 aromatic rings. The molecule has 2 aliphatic carbocycles. The molecule has 0 radical (unpaired) electrons. The summed E-state index contributed by atoms with van der Waals surface area (Å²) in [6.45, 7) is 12.6. The Hall–Kier alpha value is -1.77. The topological polar surface area (TPSA) is 43.3 Å². The van der Waals surface area contributed by atoms with E-state index in [1.807, 2.05) is 17.8 Å². The van der Waals surface area contributed by atoms with E-state index in [0.717, 1.165) is 17.5 Å². The van der Waals surface area contributed by atoms with Gasteiger partial charge in [-0.1, -0.05) is 32.1 Å².